The SMILES string of the molecule is CCOC(=O)/C(C#N)=C\c1ccc(Cl)c(Cl)c1. The van der Waals surface area contributed by atoms with Crippen molar-refractivity contribution in [1.82, 2.24) is 0 Å². The number of hydrogen-bond donors (Lipinski definition) is 0. The summed E-state index contributed by atoms with van der Waals surface area (Å²) in [6, 6.07) is 6.60. The smallest absolute Gasteiger partial charge is 0.348 e. The molecule has 0 N–H and O–H groups in total. The first kappa shape index (κ1) is 13.6. The molecular formula is C12H9Cl2NO2. The number of esters is 1. The Hall–Kier alpha value is -1.50. The van der Waals surface area contributed by atoms with Crippen LogP contribution in [-0.2, 0) is 9.53 Å². The lowest BCUT2D eigenvalue weighted by atomic mass is 10.1. The van der Waals surface area contributed by atoms with Crippen molar-refractivity contribution in [1.29, 1.82) is 5.26 Å². The number of rotatable bonds is 3. The second kappa shape index (κ2) is 6.29. The average Bonchev–Trinajstić information content (AvgIpc) is 2.30. The summed E-state index contributed by atoms with van der Waals surface area (Å²) in [6.07, 6.45) is 1.40. The number of hydrogen-bond acceptors (Lipinski definition) is 3. The molecule has 88 valence electrons. The van der Waals surface area contributed by atoms with Crippen LogP contribution in [0.3, 0.4) is 0 Å². The minimum absolute atomic E-state index is 0.0785. The summed E-state index contributed by atoms with van der Waals surface area (Å²) in [5, 5.41) is 9.61. The maximum atomic E-state index is 11.4. The van der Waals surface area contributed by atoms with Crippen LogP contribution in [0.2, 0.25) is 10.0 Å². The first-order valence-electron chi connectivity index (χ1n) is 4.82. The van der Waals surface area contributed by atoms with E-state index in [2.05, 4.69) is 0 Å². The van der Waals surface area contributed by atoms with Gasteiger partial charge in [-0.25, -0.2) is 4.79 Å². The van der Waals surface area contributed by atoms with E-state index in [0.29, 0.717) is 15.6 Å². The van der Waals surface area contributed by atoms with E-state index >= 15 is 0 Å². The second-order valence-corrected chi connectivity index (χ2v) is 3.88. The van der Waals surface area contributed by atoms with E-state index in [-0.39, 0.29) is 12.2 Å². The zero-order valence-electron chi connectivity index (χ0n) is 9.04. The molecule has 0 spiro atoms. The highest BCUT2D eigenvalue weighted by Crippen LogP contribution is 2.23. The third-order valence-electron chi connectivity index (χ3n) is 1.87. The van der Waals surface area contributed by atoms with Crippen LogP contribution in [0.25, 0.3) is 6.08 Å². The molecule has 0 aliphatic carbocycles. The summed E-state index contributed by atoms with van der Waals surface area (Å²) in [5.74, 6) is -0.652. The number of halogens is 2. The average molecular weight is 270 g/mol. The van der Waals surface area contributed by atoms with Gasteiger partial charge in [-0.2, -0.15) is 5.26 Å². The van der Waals surface area contributed by atoms with Gasteiger partial charge in [0.1, 0.15) is 11.6 Å². The van der Waals surface area contributed by atoms with E-state index < -0.39 is 5.97 Å². The molecule has 0 radical (unpaired) electrons. The maximum Gasteiger partial charge on any atom is 0.348 e. The zero-order chi connectivity index (χ0) is 12.8. The van der Waals surface area contributed by atoms with Crippen LogP contribution < -0.4 is 0 Å². The standard InChI is InChI=1S/C12H9Cl2NO2/c1-2-17-12(16)9(7-15)5-8-3-4-10(13)11(14)6-8/h3-6H,2H2,1H3/b9-5-. The van der Waals surface area contributed by atoms with Gasteiger partial charge >= 0.3 is 5.97 Å². The predicted octanol–water partition coefficient (Wildman–Crippen LogP) is 3.46. The molecule has 0 aliphatic rings. The summed E-state index contributed by atoms with van der Waals surface area (Å²) in [4.78, 5) is 11.4. The van der Waals surface area contributed by atoms with Gasteiger partial charge in [0.05, 0.1) is 16.7 Å². The van der Waals surface area contributed by atoms with Gasteiger partial charge in [-0.3, -0.25) is 0 Å². The Labute approximate surface area is 109 Å². The number of nitrogens with zero attached hydrogens (tertiary/aromatic N) is 1. The van der Waals surface area contributed by atoms with Gasteiger partial charge in [0.2, 0.25) is 0 Å². The number of benzene rings is 1. The van der Waals surface area contributed by atoms with Crippen LogP contribution in [-0.4, -0.2) is 12.6 Å². The van der Waals surface area contributed by atoms with Crippen molar-refractivity contribution in [3.63, 3.8) is 0 Å². The molecule has 0 fully saturated rings. The Morgan fingerprint density at radius 2 is 2.18 bits per heavy atom. The van der Waals surface area contributed by atoms with E-state index in [9.17, 15) is 4.79 Å². The highest BCUT2D eigenvalue weighted by molar-refractivity contribution is 6.42. The predicted molar refractivity (Wildman–Crippen MR) is 66.7 cm³/mol. The third-order valence-corrected chi connectivity index (χ3v) is 2.61. The number of carbonyl (C=O) groups excluding carboxylic acids is 1. The molecule has 0 aliphatic heterocycles. The van der Waals surface area contributed by atoms with Crippen molar-refractivity contribution in [2.45, 2.75) is 6.92 Å². The Balaban J connectivity index is 3.03. The Morgan fingerprint density at radius 1 is 1.47 bits per heavy atom. The first-order chi connectivity index (χ1) is 8.08. The maximum absolute atomic E-state index is 11.4. The van der Waals surface area contributed by atoms with Crippen molar-refractivity contribution in [2.75, 3.05) is 6.61 Å². The van der Waals surface area contributed by atoms with Gasteiger partial charge in [-0.05, 0) is 30.7 Å². The lowest BCUT2D eigenvalue weighted by molar-refractivity contribution is -0.137. The van der Waals surface area contributed by atoms with E-state index in [4.69, 9.17) is 33.2 Å². The van der Waals surface area contributed by atoms with Crippen LogP contribution in [0.1, 0.15) is 12.5 Å². The van der Waals surface area contributed by atoms with E-state index in [0.717, 1.165) is 0 Å². The summed E-state index contributed by atoms with van der Waals surface area (Å²) in [7, 11) is 0. The van der Waals surface area contributed by atoms with Gasteiger partial charge in [0.15, 0.2) is 0 Å². The zero-order valence-corrected chi connectivity index (χ0v) is 10.5. The highest BCUT2D eigenvalue weighted by Gasteiger charge is 2.09. The quantitative estimate of drug-likeness (QED) is 0.480. The molecular weight excluding hydrogens is 261 g/mol. The summed E-state index contributed by atoms with van der Waals surface area (Å²) >= 11 is 11.6. The van der Waals surface area contributed by atoms with Crippen molar-refractivity contribution in [2.24, 2.45) is 0 Å². The van der Waals surface area contributed by atoms with E-state index in [1.807, 2.05) is 0 Å². The van der Waals surface area contributed by atoms with Crippen LogP contribution in [0, 0.1) is 11.3 Å². The second-order valence-electron chi connectivity index (χ2n) is 3.06. The number of nitriles is 1. The molecule has 0 atom stereocenters. The van der Waals surface area contributed by atoms with Crippen molar-refractivity contribution < 1.29 is 9.53 Å². The topological polar surface area (TPSA) is 50.1 Å². The molecule has 0 unspecified atom stereocenters. The van der Waals surface area contributed by atoms with Crippen LogP contribution >= 0.6 is 23.2 Å². The Kier molecular flexibility index (Phi) is 5.02. The van der Waals surface area contributed by atoms with Crippen molar-refractivity contribution in [3.05, 3.63) is 39.4 Å². The van der Waals surface area contributed by atoms with Gasteiger partial charge in [0.25, 0.3) is 0 Å². The van der Waals surface area contributed by atoms with Gasteiger partial charge in [-0.15, -0.1) is 0 Å². The lowest BCUT2D eigenvalue weighted by Crippen LogP contribution is -2.05. The van der Waals surface area contributed by atoms with Crippen molar-refractivity contribution >= 4 is 35.2 Å². The molecule has 0 amide bonds. The first-order valence-corrected chi connectivity index (χ1v) is 5.58. The lowest BCUT2D eigenvalue weighted by Gasteiger charge is -2.01. The molecule has 1 aromatic carbocycles. The minimum atomic E-state index is -0.652. The largest absolute Gasteiger partial charge is 0.462 e. The van der Waals surface area contributed by atoms with Gasteiger partial charge < -0.3 is 4.74 Å². The van der Waals surface area contributed by atoms with E-state index in [1.54, 1.807) is 31.2 Å². The van der Waals surface area contributed by atoms with Crippen molar-refractivity contribution in [3.8, 4) is 6.07 Å². The Morgan fingerprint density at radius 3 is 2.71 bits per heavy atom. The highest BCUT2D eigenvalue weighted by atomic mass is 35.5. The fraction of sp³-hybridized carbons (Fsp3) is 0.167. The molecule has 0 bridgehead atoms. The van der Waals surface area contributed by atoms with E-state index in [1.165, 1.54) is 6.08 Å². The fourth-order valence-electron chi connectivity index (χ4n) is 1.11. The normalized spacial score (nSPS) is 10.8. The molecule has 0 heterocycles. The molecule has 5 heteroatoms. The number of ether oxygens (including phenoxy) is 1. The molecule has 3 nitrogen and oxygen atoms in total. The minimum Gasteiger partial charge on any atom is -0.462 e. The number of carbonyl (C=O) groups is 1. The Bertz CT molecular complexity index is 504. The monoisotopic (exact) mass is 269 g/mol. The van der Waals surface area contributed by atoms with Gasteiger partial charge in [-0.1, -0.05) is 29.3 Å². The van der Waals surface area contributed by atoms with Crippen LogP contribution in [0.15, 0.2) is 23.8 Å². The molecule has 0 saturated heterocycles. The molecule has 1 rings (SSSR count). The van der Waals surface area contributed by atoms with Gasteiger partial charge in [0, 0.05) is 0 Å². The third kappa shape index (κ3) is 3.77. The summed E-state index contributed by atoms with van der Waals surface area (Å²) < 4.78 is 4.73. The molecule has 17 heavy (non-hydrogen) atoms. The molecule has 0 saturated carbocycles. The summed E-state index contributed by atoms with van der Waals surface area (Å²) in [5.41, 5.74) is 0.536. The summed E-state index contributed by atoms with van der Waals surface area (Å²) in [6.45, 7) is 1.89. The fourth-order valence-corrected chi connectivity index (χ4v) is 1.42. The molecule has 1 aromatic rings. The van der Waals surface area contributed by atoms with Crippen LogP contribution in [0.4, 0.5) is 0 Å². The van der Waals surface area contributed by atoms with Crippen LogP contribution in [0.5, 0.6) is 0 Å². The molecule has 0 aromatic heterocycles.